The highest BCUT2D eigenvalue weighted by atomic mass is 16.5. The molecule has 0 saturated heterocycles. The molecular formula is C11H14N2O4. The SMILES string of the molecule is CCOC(=O)NCC(=O)Nc1ccc(O)cc1. The van der Waals surface area contributed by atoms with Crippen molar-refractivity contribution >= 4 is 17.7 Å². The van der Waals surface area contributed by atoms with E-state index in [2.05, 4.69) is 15.4 Å². The van der Waals surface area contributed by atoms with Crippen LogP contribution < -0.4 is 10.6 Å². The number of anilines is 1. The van der Waals surface area contributed by atoms with Crippen LogP contribution in [0.4, 0.5) is 10.5 Å². The van der Waals surface area contributed by atoms with Crippen molar-refractivity contribution < 1.29 is 19.4 Å². The van der Waals surface area contributed by atoms with E-state index >= 15 is 0 Å². The lowest BCUT2D eigenvalue weighted by Crippen LogP contribution is -2.33. The van der Waals surface area contributed by atoms with Crippen molar-refractivity contribution in [1.82, 2.24) is 5.32 Å². The molecule has 0 aromatic heterocycles. The molecule has 3 N–H and O–H groups in total. The molecule has 17 heavy (non-hydrogen) atoms. The van der Waals surface area contributed by atoms with Gasteiger partial charge in [-0.05, 0) is 31.2 Å². The molecule has 0 radical (unpaired) electrons. The maximum atomic E-state index is 11.4. The van der Waals surface area contributed by atoms with Crippen LogP contribution in [-0.2, 0) is 9.53 Å². The summed E-state index contributed by atoms with van der Waals surface area (Å²) in [6.45, 7) is 1.77. The first-order valence-electron chi connectivity index (χ1n) is 5.11. The number of hydrogen-bond acceptors (Lipinski definition) is 4. The van der Waals surface area contributed by atoms with Crippen LogP contribution >= 0.6 is 0 Å². The van der Waals surface area contributed by atoms with Crippen molar-refractivity contribution in [3.8, 4) is 5.75 Å². The number of carbonyl (C=O) groups excluding carboxylic acids is 2. The van der Waals surface area contributed by atoms with Gasteiger partial charge < -0.3 is 20.5 Å². The van der Waals surface area contributed by atoms with Gasteiger partial charge in [-0.25, -0.2) is 4.79 Å². The Labute approximate surface area is 98.6 Å². The molecule has 1 aromatic rings. The van der Waals surface area contributed by atoms with Gasteiger partial charge in [-0.2, -0.15) is 0 Å². The number of carbonyl (C=O) groups is 2. The molecule has 0 bridgehead atoms. The maximum Gasteiger partial charge on any atom is 0.407 e. The van der Waals surface area contributed by atoms with Gasteiger partial charge in [0.2, 0.25) is 5.91 Å². The van der Waals surface area contributed by atoms with Crippen LogP contribution in [0.3, 0.4) is 0 Å². The highest BCUT2D eigenvalue weighted by Crippen LogP contribution is 2.13. The molecule has 0 heterocycles. The summed E-state index contributed by atoms with van der Waals surface area (Å²) in [6, 6.07) is 6.01. The van der Waals surface area contributed by atoms with Crippen LogP contribution in [0.25, 0.3) is 0 Å². The lowest BCUT2D eigenvalue weighted by molar-refractivity contribution is -0.115. The molecule has 2 amide bonds. The molecule has 0 atom stereocenters. The second kappa shape index (κ2) is 6.37. The molecule has 0 aliphatic carbocycles. The van der Waals surface area contributed by atoms with E-state index < -0.39 is 6.09 Å². The molecule has 1 aromatic carbocycles. The molecule has 92 valence electrons. The number of nitrogens with one attached hydrogen (secondary N) is 2. The molecule has 0 fully saturated rings. The van der Waals surface area contributed by atoms with Gasteiger partial charge >= 0.3 is 6.09 Å². The number of alkyl carbamates (subject to hydrolysis) is 1. The van der Waals surface area contributed by atoms with Crippen LogP contribution in [0.15, 0.2) is 24.3 Å². The predicted octanol–water partition coefficient (Wildman–Crippen LogP) is 1.08. The number of phenolic OH excluding ortho intramolecular Hbond substituents is 1. The maximum absolute atomic E-state index is 11.4. The van der Waals surface area contributed by atoms with E-state index in [0.717, 1.165) is 0 Å². The van der Waals surface area contributed by atoms with Gasteiger partial charge in [0.15, 0.2) is 0 Å². The smallest absolute Gasteiger partial charge is 0.407 e. The third kappa shape index (κ3) is 4.87. The molecule has 6 nitrogen and oxygen atoms in total. The first-order valence-corrected chi connectivity index (χ1v) is 5.11. The number of amides is 2. The molecule has 0 spiro atoms. The highest BCUT2D eigenvalue weighted by Gasteiger charge is 2.05. The molecule has 0 unspecified atom stereocenters. The Morgan fingerprint density at radius 1 is 1.29 bits per heavy atom. The van der Waals surface area contributed by atoms with E-state index in [4.69, 9.17) is 5.11 Å². The summed E-state index contributed by atoms with van der Waals surface area (Å²) in [7, 11) is 0. The summed E-state index contributed by atoms with van der Waals surface area (Å²) >= 11 is 0. The van der Waals surface area contributed by atoms with E-state index in [0.29, 0.717) is 5.69 Å². The number of rotatable bonds is 4. The van der Waals surface area contributed by atoms with Crippen LogP contribution in [0, 0.1) is 0 Å². The summed E-state index contributed by atoms with van der Waals surface area (Å²) in [4.78, 5) is 22.3. The van der Waals surface area contributed by atoms with Gasteiger partial charge in [-0.15, -0.1) is 0 Å². The van der Waals surface area contributed by atoms with Crippen LogP contribution in [0.5, 0.6) is 5.75 Å². The summed E-state index contributed by atoms with van der Waals surface area (Å²) in [5.41, 5.74) is 0.540. The number of benzene rings is 1. The minimum absolute atomic E-state index is 0.118. The quantitative estimate of drug-likeness (QED) is 0.685. The molecular weight excluding hydrogens is 224 g/mol. The van der Waals surface area contributed by atoms with Gasteiger partial charge in [0, 0.05) is 5.69 Å². The second-order valence-electron chi connectivity index (χ2n) is 3.17. The van der Waals surface area contributed by atoms with Crippen molar-refractivity contribution in [2.45, 2.75) is 6.92 Å². The minimum atomic E-state index is -0.631. The van der Waals surface area contributed by atoms with Crippen LogP contribution in [-0.4, -0.2) is 30.3 Å². The molecule has 0 saturated carbocycles. The fourth-order valence-corrected chi connectivity index (χ4v) is 1.08. The summed E-state index contributed by atoms with van der Waals surface area (Å²) in [5.74, 6) is -0.253. The normalized spacial score (nSPS) is 9.47. The van der Waals surface area contributed by atoms with Gasteiger partial charge in [-0.1, -0.05) is 0 Å². The number of hydrogen-bond donors (Lipinski definition) is 3. The Morgan fingerprint density at radius 3 is 2.53 bits per heavy atom. The third-order valence-corrected chi connectivity index (χ3v) is 1.82. The van der Waals surface area contributed by atoms with Crippen molar-refractivity contribution in [2.75, 3.05) is 18.5 Å². The first kappa shape index (κ1) is 12.8. The number of phenols is 1. The summed E-state index contributed by atoms with van der Waals surface area (Å²) in [5, 5.41) is 13.9. The largest absolute Gasteiger partial charge is 0.508 e. The highest BCUT2D eigenvalue weighted by molar-refractivity contribution is 5.93. The predicted molar refractivity (Wildman–Crippen MR) is 61.8 cm³/mol. The lowest BCUT2D eigenvalue weighted by Gasteiger charge is -2.06. The van der Waals surface area contributed by atoms with Crippen LogP contribution in [0.2, 0.25) is 0 Å². The van der Waals surface area contributed by atoms with Crippen LogP contribution in [0.1, 0.15) is 6.92 Å². The average Bonchev–Trinajstić information content (AvgIpc) is 2.30. The van der Waals surface area contributed by atoms with Gasteiger partial charge in [0.1, 0.15) is 12.3 Å². The topological polar surface area (TPSA) is 87.7 Å². The zero-order chi connectivity index (χ0) is 12.7. The number of ether oxygens (including phenoxy) is 1. The molecule has 0 aliphatic rings. The van der Waals surface area contributed by atoms with E-state index in [1.54, 1.807) is 19.1 Å². The van der Waals surface area contributed by atoms with E-state index in [-0.39, 0.29) is 24.8 Å². The zero-order valence-corrected chi connectivity index (χ0v) is 9.40. The Balaban J connectivity index is 2.34. The van der Waals surface area contributed by atoms with E-state index in [9.17, 15) is 9.59 Å². The Morgan fingerprint density at radius 2 is 1.94 bits per heavy atom. The van der Waals surface area contributed by atoms with Gasteiger partial charge in [0.05, 0.1) is 6.61 Å². The monoisotopic (exact) mass is 238 g/mol. The first-order chi connectivity index (χ1) is 8.11. The lowest BCUT2D eigenvalue weighted by atomic mass is 10.3. The van der Waals surface area contributed by atoms with Crippen molar-refractivity contribution in [3.63, 3.8) is 0 Å². The number of aromatic hydroxyl groups is 1. The van der Waals surface area contributed by atoms with Gasteiger partial charge in [-0.3, -0.25) is 4.79 Å². The third-order valence-electron chi connectivity index (χ3n) is 1.82. The van der Waals surface area contributed by atoms with E-state index in [1.807, 2.05) is 0 Å². The fourth-order valence-electron chi connectivity index (χ4n) is 1.08. The minimum Gasteiger partial charge on any atom is -0.508 e. The average molecular weight is 238 g/mol. The van der Waals surface area contributed by atoms with Gasteiger partial charge in [0.25, 0.3) is 0 Å². The molecule has 6 heteroatoms. The van der Waals surface area contributed by atoms with E-state index in [1.165, 1.54) is 12.1 Å². The Hall–Kier alpha value is -2.24. The Bertz CT molecular complexity index is 389. The van der Waals surface area contributed by atoms with Crippen molar-refractivity contribution in [1.29, 1.82) is 0 Å². The summed E-state index contributed by atoms with van der Waals surface area (Å²) in [6.07, 6.45) is -0.631. The molecule has 1 rings (SSSR count). The fraction of sp³-hybridized carbons (Fsp3) is 0.273. The Kier molecular flexibility index (Phi) is 4.80. The standard InChI is InChI=1S/C11H14N2O4/c1-2-17-11(16)12-7-10(15)13-8-3-5-9(14)6-4-8/h3-6,14H,2,7H2,1H3,(H,12,16)(H,13,15). The second-order valence-corrected chi connectivity index (χ2v) is 3.17. The summed E-state index contributed by atoms with van der Waals surface area (Å²) < 4.78 is 4.60. The van der Waals surface area contributed by atoms with Crippen molar-refractivity contribution in [3.05, 3.63) is 24.3 Å². The molecule has 0 aliphatic heterocycles. The zero-order valence-electron chi connectivity index (χ0n) is 9.40. The van der Waals surface area contributed by atoms with Crippen molar-refractivity contribution in [2.24, 2.45) is 0 Å².